The van der Waals surface area contributed by atoms with Crippen molar-refractivity contribution in [2.45, 2.75) is 45.7 Å². The van der Waals surface area contributed by atoms with Gasteiger partial charge in [-0.1, -0.05) is 25.6 Å². The number of nitriles is 1. The van der Waals surface area contributed by atoms with E-state index in [4.69, 9.17) is 4.74 Å². The van der Waals surface area contributed by atoms with E-state index in [9.17, 15) is 14.9 Å². The van der Waals surface area contributed by atoms with Crippen molar-refractivity contribution in [3.8, 4) is 6.07 Å². The lowest BCUT2D eigenvalue weighted by Gasteiger charge is -2.17. The van der Waals surface area contributed by atoms with Crippen molar-refractivity contribution >= 4 is 23.6 Å². The summed E-state index contributed by atoms with van der Waals surface area (Å²) in [5.74, 6) is -0.104. The quantitative estimate of drug-likeness (QED) is 0.601. The van der Waals surface area contributed by atoms with Gasteiger partial charge in [-0.15, -0.1) is 0 Å². The van der Waals surface area contributed by atoms with Crippen LogP contribution in [-0.2, 0) is 9.53 Å². The molecule has 6 nitrogen and oxygen atoms in total. The number of carbonyl (C=O) groups is 2. The molecule has 1 aromatic rings. The number of hydrogen-bond donors (Lipinski definition) is 1. The zero-order chi connectivity index (χ0) is 18.3. The third-order valence-electron chi connectivity index (χ3n) is 3.52. The van der Waals surface area contributed by atoms with Crippen molar-refractivity contribution in [1.82, 2.24) is 10.3 Å². The molecule has 1 N–H and O–H groups in total. The fourth-order valence-electron chi connectivity index (χ4n) is 1.79. The molecule has 0 aromatic carbocycles. The summed E-state index contributed by atoms with van der Waals surface area (Å²) in [5.41, 5.74) is 1.01. The van der Waals surface area contributed by atoms with Gasteiger partial charge in [0.1, 0.15) is 11.1 Å². The highest BCUT2D eigenvalue weighted by Gasteiger charge is 2.17. The molecule has 0 unspecified atom stereocenters. The van der Waals surface area contributed by atoms with E-state index in [1.807, 2.05) is 26.8 Å². The highest BCUT2D eigenvalue weighted by atomic mass is 32.2. The molecule has 0 aliphatic rings. The molecular formula is C17H23N3O3S. The van der Waals surface area contributed by atoms with Crippen LogP contribution in [-0.4, -0.2) is 35.3 Å². The first-order valence-electron chi connectivity index (χ1n) is 7.81. The lowest BCUT2D eigenvalue weighted by atomic mass is 10.1. The molecule has 1 heterocycles. The van der Waals surface area contributed by atoms with E-state index < -0.39 is 5.97 Å². The minimum atomic E-state index is -0.501. The maximum Gasteiger partial charge on any atom is 0.340 e. The van der Waals surface area contributed by atoms with Gasteiger partial charge in [-0.2, -0.15) is 5.26 Å². The van der Waals surface area contributed by atoms with E-state index >= 15 is 0 Å². The molecule has 130 valence electrons. The summed E-state index contributed by atoms with van der Waals surface area (Å²) < 4.78 is 4.95. The Kier molecular flexibility index (Phi) is 7.72. The maximum absolute atomic E-state index is 12.0. The number of ether oxygens (including phenoxy) is 1. The second-order valence-corrected chi connectivity index (χ2v) is 6.66. The Morgan fingerprint density at radius 2 is 2.08 bits per heavy atom. The predicted molar refractivity (Wildman–Crippen MR) is 92.8 cm³/mol. The summed E-state index contributed by atoms with van der Waals surface area (Å²) >= 11 is 1.18. The number of amides is 1. The summed E-state index contributed by atoms with van der Waals surface area (Å²) in [6, 6.07) is 3.57. The van der Waals surface area contributed by atoms with Gasteiger partial charge in [0, 0.05) is 6.04 Å². The summed E-state index contributed by atoms with van der Waals surface area (Å²) in [6.07, 6.45) is 0. The molecule has 0 spiro atoms. The number of carbonyl (C=O) groups excluding carboxylic acids is 2. The second kappa shape index (κ2) is 9.28. The number of nitrogens with zero attached hydrogens (tertiary/aromatic N) is 2. The zero-order valence-electron chi connectivity index (χ0n) is 14.7. The van der Waals surface area contributed by atoms with Crippen LogP contribution < -0.4 is 5.32 Å². The van der Waals surface area contributed by atoms with Gasteiger partial charge in [0.05, 0.1) is 29.2 Å². The Morgan fingerprint density at radius 3 is 2.62 bits per heavy atom. The minimum Gasteiger partial charge on any atom is -0.462 e. The first-order chi connectivity index (χ1) is 11.3. The SMILES string of the molecule is CCOC(=O)c1cc(C#N)c(SCC(=O)N[C@H](C)C(C)C)nc1C. The van der Waals surface area contributed by atoms with E-state index in [1.54, 1.807) is 13.8 Å². The van der Waals surface area contributed by atoms with Crippen LogP contribution in [0, 0.1) is 24.2 Å². The molecule has 0 saturated heterocycles. The van der Waals surface area contributed by atoms with Crippen LogP contribution in [0.4, 0.5) is 0 Å². The Hall–Kier alpha value is -2.07. The first kappa shape index (κ1) is 20.0. The first-order valence-corrected chi connectivity index (χ1v) is 8.79. The summed E-state index contributed by atoms with van der Waals surface area (Å²) in [5, 5.41) is 12.6. The third-order valence-corrected chi connectivity index (χ3v) is 4.51. The number of rotatable bonds is 7. The Bertz CT molecular complexity index is 653. The molecule has 7 heteroatoms. The van der Waals surface area contributed by atoms with Crippen LogP contribution in [0.2, 0.25) is 0 Å². The van der Waals surface area contributed by atoms with E-state index in [0.717, 1.165) is 0 Å². The number of pyridine rings is 1. The summed E-state index contributed by atoms with van der Waals surface area (Å²) in [4.78, 5) is 28.1. The van der Waals surface area contributed by atoms with Crippen LogP contribution in [0.1, 0.15) is 49.3 Å². The summed E-state index contributed by atoms with van der Waals surface area (Å²) in [6.45, 7) is 9.66. The average molecular weight is 349 g/mol. The Morgan fingerprint density at radius 1 is 1.42 bits per heavy atom. The van der Waals surface area contributed by atoms with Crippen LogP contribution in [0.3, 0.4) is 0 Å². The molecule has 0 aliphatic heterocycles. The molecule has 24 heavy (non-hydrogen) atoms. The fraction of sp³-hybridized carbons (Fsp3) is 0.529. The van der Waals surface area contributed by atoms with Crippen molar-refractivity contribution in [3.63, 3.8) is 0 Å². The third kappa shape index (κ3) is 5.53. The summed E-state index contributed by atoms with van der Waals surface area (Å²) in [7, 11) is 0. The van der Waals surface area contributed by atoms with Gasteiger partial charge in [-0.05, 0) is 32.8 Å². The van der Waals surface area contributed by atoms with Gasteiger partial charge in [-0.3, -0.25) is 4.79 Å². The molecule has 0 aliphatic carbocycles. The zero-order valence-corrected chi connectivity index (χ0v) is 15.5. The smallest absolute Gasteiger partial charge is 0.340 e. The van der Waals surface area contributed by atoms with E-state index in [0.29, 0.717) is 16.6 Å². The number of nitrogens with one attached hydrogen (secondary N) is 1. The van der Waals surface area contributed by atoms with Crippen LogP contribution in [0.5, 0.6) is 0 Å². The number of esters is 1. The van der Waals surface area contributed by atoms with Crippen molar-refractivity contribution in [2.24, 2.45) is 5.92 Å². The maximum atomic E-state index is 12.0. The van der Waals surface area contributed by atoms with E-state index in [2.05, 4.69) is 10.3 Å². The molecule has 0 saturated carbocycles. The minimum absolute atomic E-state index is 0.0782. The number of aromatic nitrogens is 1. The molecule has 0 radical (unpaired) electrons. The molecule has 1 amide bonds. The monoisotopic (exact) mass is 349 g/mol. The van der Waals surface area contributed by atoms with Crippen molar-refractivity contribution in [3.05, 3.63) is 22.9 Å². The van der Waals surface area contributed by atoms with Crippen LogP contribution >= 0.6 is 11.8 Å². The molecule has 1 atom stereocenters. The highest BCUT2D eigenvalue weighted by Crippen LogP contribution is 2.23. The molecule has 1 aromatic heterocycles. The van der Waals surface area contributed by atoms with Crippen LogP contribution in [0.25, 0.3) is 0 Å². The van der Waals surface area contributed by atoms with Gasteiger partial charge in [0.25, 0.3) is 0 Å². The topological polar surface area (TPSA) is 92.1 Å². The lowest BCUT2D eigenvalue weighted by Crippen LogP contribution is -2.37. The van der Waals surface area contributed by atoms with E-state index in [1.165, 1.54) is 17.8 Å². The number of aryl methyl sites for hydroxylation is 1. The Balaban J connectivity index is 2.86. The molecule has 0 fully saturated rings. The molecule has 1 rings (SSSR count). The van der Waals surface area contributed by atoms with Crippen molar-refractivity contribution in [2.75, 3.05) is 12.4 Å². The standard InChI is InChI=1S/C17H23N3O3S/c1-6-23-17(22)14-7-13(8-18)16(20-12(14)5)24-9-15(21)19-11(4)10(2)3/h7,10-11H,6,9H2,1-5H3,(H,19,21)/t11-/m1/s1. The average Bonchev–Trinajstić information content (AvgIpc) is 2.52. The van der Waals surface area contributed by atoms with Gasteiger partial charge in [0.15, 0.2) is 0 Å². The second-order valence-electron chi connectivity index (χ2n) is 5.70. The van der Waals surface area contributed by atoms with Crippen molar-refractivity contribution < 1.29 is 14.3 Å². The number of thioether (sulfide) groups is 1. The fourth-order valence-corrected chi connectivity index (χ4v) is 2.60. The van der Waals surface area contributed by atoms with Gasteiger partial charge in [0.2, 0.25) is 5.91 Å². The Labute approximate surface area is 147 Å². The molecular weight excluding hydrogens is 326 g/mol. The highest BCUT2D eigenvalue weighted by molar-refractivity contribution is 8.00. The lowest BCUT2D eigenvalue weighted by molar-refractivity contribution is -0.119. The number of hydrogen-bond acceptors (Lipinski definition) is 6. The predicted octanol–water partition coefficient (Wildman–Crippen LogP) is 2.69. The van der Waals surface area contributed by atoms with Gasteiger partial charge >= 0.3 is 5.97 Å². The van der Waals surface area contributed by atoms with Gasteiger partial charge in [-0.25, -0.2) is 9.78 Å². The molecule has 0 bridgehead atoms. The van der Waals surface area contributed by atoms with Crippen LogP contribution in [0.15, 0.2) is 11.1 Å². The largest absolute Gasteiger partial charge is 0.462 e. The van der Waals surface area contributed by atoms with Crippen molar-refractivity contribution in [1.29, 1.82) is 5.26 Å². The normalized spacial score (nSPS) is 11.7. The van der Waals surface area contributed by atoms with Gasteiger partial charge < -0.3 is 10.1 Å². The van der Waals surface area contributed by atoms with E-state index in [-0.39, 0.29) is 35.4 Å².